The van der Waals surface area contributed by atoms with Crippen molar-refractivity contribution in [1.82, 2.24) is 8.61 Å². The Morgan fingerprint density at radius 3 is 1.59 bits per heavy atom. The summed E-state index contributed by atoms with van der Waals surface area (Å²) in [5.74, 6) is 0. The first kappa shape index (κ1) is 22.4. The van der Waals surface area contributed by atoms with Crippen LogP contribution in [-0.2, 0) is 26.5 Å². The third-order valence-corrected chi connectivity index (χ3v) is 9.38. The van der Waals surface area contributed by atoms with Gasteiger partial charge in [0.05, 0.1) is 9.79 Å². The third-order valence-electron chi connectivity index (χ3n) is 5.03. The van der Waals surface area contributed by atoms with Crippen molar-refractivity contribution >= 4 is 36.0 Å². The van der Waals surface area contributed by atoms with Crippen LogP contribution in [-0.4, -0.2) is 51.6 Å². The quantitative estimate of drug-likeness (QED) is 0.582. The lowest BCUT2D eigenvalue weighted by molar-refractivity contribution is 0.273. The fourth-order valence-electron chi connectivity index (χ4n) is 3.26. The molecule has 158 valence electrons. The van der Waals surface area contributed by atoms with Gasteiger partial charge in [0.1, 0.15) is 0 Å². The molecule has 0 saturated carbocycles. The Morgan fingerprint density at radius 2 is 1.17 bits per heavy atom. The fraction of sp³-hybridized carbons (Fsp3) is 0.400. The minimum Gasteiger partial charge on any atom is -0.207 e. The molecule has 3 rings (SSSR count). The molecule has 1 heterocycles. The summed E-state index contributed by atoms with van der Waals surface area (Å²) in [7, 11) is -7.27. The zero-order valence-corrected chi connectivity index (χ0v) is 19.5. The molecule has 0 radical (unpaired) electrons. The maximum atomic E-state index is 12.9. The number of nitrogens with zero attached hydrogens (tertiary/aromatic N) is 2. The van der Waals surface area contributed by atoms with Crippen molar-refractivity contribution in [2.45, 2.75) is 36.0 Å². The van der Waals surface area contributed by atoms with Crippen molar-refractivity contribution in [3.05, 3.63) is 58.6 Å². The molecule has 0 bridgehead atoms. The predicted molar refractivity (Wildman–Crippen MR) is 117 cm³/mol. The second kappa shape index (κ2) is 9.26. The molecule has 1 aliphatic rings. The molecule has 0 N–H and O–H groups in total. The van der Waals surface area contributed by atoms with E-state index in [9.17, 15) is 16.8 Å². The molecular formula is C20H25BrN2O4S2. The Labute approximate surface area is 181 Å². The summed E-state index contributed by atoms with van der Waals surface area (Å²) >= 11 is 3.29. The SMILES string of the molecule is CCCCc1ccc(S(=O)(=O)N2CCN(S(=O)(=O)c3ccc(Br)cc3)CC2)cc1. The Bertz CT molecular complexity index is 1030. The second-order valence-corrected chi connectivity index (χ2v) is 11.8. The lowest BCUT2D eigenvalue weighted by Crippen LogP contribution is -2.50. The molecule has 9 heteroatoms. The highest BCUT2D eigenvalue weighted by Crippen LogP contribution is 2.23. The first-order valence-electron chi connectivity index (χ1n) is 9.60. The van der Waals surface area contributed by atoms with Gasteiger partial charge in [0.2, 0.25) is 20.0 Å². The Kier molecular flexibility index (Phi) is 7.16. The van der Waals surface area contributed by atoms with E-state index < -0.39 is 20.0 Å². The van der Waals surface area contributed by atoms with Crippen molar-refractivity contribution in [3.8, 4) is 0 Å². The summed E-state index contributed by atoms with van der Waals surface area (Å²) in [6, 6.07) is 13.4. The van der Waals surface area contributed by atoms with Crippen LogP contribution < -0.4 is 0 Å². The standard InChI is InChI=1S/C20H25BrN2O4S2/c1-2-3-4-17-5-9-19(10-6-17)28(24,25)22-13-15-23(16-14-22)29(26,27)20-11-7-18(21)8-12-20/h5-12H,2-4,13-16H2,1H3. The van der Waals surface area contributed by atoms with E-state index in [4.69, 9.17) is 0 Å². The number of sulfonamides is 2. The molecule has 1 fully saturated rings. The molecule has 0 amide bonds. The van der Waals surface area contributed by atoms with E-state index >= 15 is 0 Å². The van der Waals surface area contributed by atoms with Crippen molar-refractivity contribution in [1.29, 1.82) is 0 Å². The molecule has 0 unspecified atom stereocenters. The van der Waals surface area contributed by atoms with Crippen LogP contribution in [0.3, 0.4) is 0 Å². The highest BCUT2D eigenvalue weighted by molar-refractivity contribution is 9.10. The molecule has 2 aromatic rings. The summed E-state index contributed by atoms with van der Waals surface area (Å²) in [6.07, 6.45) is 3.10. The van der Waals surface area contributed by atoms with Crippen LogP contribution in [0, 0.1) is 0 Å². The molecule has 0 aliphatic carbocycles. The summed E-state index contributed by atoms with van der Waals surface area (Å²) in [4.78, 5) is 0.460. The maximum Gasteiger partial charge on any atom is 0.243 e. The highest BCUT2D eigenvalue weighted by atomic mass is 79.9. The van der Waals surface area contributed by atoms with E-state index in [1.54, 1.807) is 36.4 Å². The highest BCUT2D eigenvalue weighted by Gasteiger charge is 2.33. The molecule has 1 aliphatic heterocycles. The van der Waals surface area contributed by atoms with Crippen LogP contribution in [0.15, 0.2) is 62.8 Å². The number of halogens is 1. The molecule has 1 saturated heterocycles. The van der Waals surface area contributed by atoms with Crippen molar-refractivity contribution in [2.24, 2.45) is 0 Å². The first-order chi connectivity index (χ1) is 13.7. The topological polar surface area (TPSA) is 74.8 Å². The molecule has 2 aromatic carbocycles. The largest absolute Gasteiger partial charge is 0.243 e. The molecular weight excluding hydrogens is 476 g/mol. The monoisotopic (exact) mass is 500 g/mol. The average molecular weight is 501 g/mol. The van der Waals surface area contributed by atoms with Crippen molar-refractivity contribution < 1.29 is 16.8 Å². The van der Waals surface area contributed by atoms with E-state index in [1.807, 2.05) is 12.1 Å². The van der Waals surface area contributed by atoms with Crippen LogP contribution in [0.25, 0.3) is 0 Å². The Balaban J connectivity index is 1.68. The predicted octanol–water partition coefficient (Wildman–Crippen LogP) is 3.49. The second-order valence-electron chi connectivity index (χ2n) is 7.01. The molecule has 29 heavy (non-hydrogen) atoms. The van der Waals surface area contributed by atoms with Crippen LogP contribution in [0.2, 0.25) is 0 Å². The average Bonchev–Trinajstić information content (AvgIpc) is 2.73. The fourth-order valence-corrected chi connectivity index (χ4v) is 6.37. The Hall–Kier alpha value is -1.26. The van der Waals surface area contributed by atoms with Crippen LogP contribution in [0.1, 0.15) is 25.3 Å². The lowest BCUT2D eigenvalue weighted by Gasteiger charge is -2.33. The number of rotatable bonds is 7. The third kappa shape index (κ3) is 5.08. The first-order valence-corrected chi connectivity index (χ1v) is 13.3. The van der Waals surface area contributed by atoms with Gasteiger partial charge in [-0.15, -0.1) is 0 Å². The number of hydrogen-bond donors (Lipinski definition) is 0. The normalized spacial score (nSPS) is 16.8. The van der Waals surface area contributed by atoms with Crippen LogP contribution >= 0.6 is 15.9 Å². The van der Waals surface area contributed by atoms with E-state index in [1.165, 1.54) is 8.61 Å². The van der Waals surface area contributed by atoms with Gasteiger partial charge < -0.3 is 0 Å². The lowest BCUT2D eigenvalue weighted by atomic mass is 10.1. The number of hydrogen-bond acceptors (Lipinski definition) is 4. The van der Waals surface area contributed by atoms with Crippen molar-refractivity contribution in [2.75, 3.05) is 26.2 Å². The smallest absolute Gasteiger partial charge is 0.207 e. The number of aryl methyl sites for hydroxylation is 1. The zero-order valence-electron chi connectivity index (χ0n) is 16.3. The molecule has 0 spiro atoms. The molecule has 0 aromatic heterocycles. The van der Waals surface area contributed by atoms with Gasteiger partial charge in [0.15, 0.2) is 0 Å². The Morgan fingerprint density at radius 1 is 0.759 bits per heavy atom. The van der Waals surface area contributed by atoms with Gasteiger partial charge in [0, 0.05) is 30.7 Å². The van der Waals surface area contributed by atoms with Gasteiger partial charge in [-0.25, -0.2) is 16.8 Å². The maximum absolute atomic E-state index is 12.9. The van der Waals surface area contributed by atoms with Gasteiger partial charge in [-0.3, -0.25) is 0 Å². The molecule has 0 atom stereocenters. The van der Waals surface area contributed by atoms with Gasteiger partial charge in [-0.2, -0.15) is 8.61 Å². The summed E-state index contributed by atoms with van der Waals surface area (Å²) in [5.41, 5.74) is 1.12. The van der Waals surface area contributed by atoms with Gasteiger partial charge in [-0.05, 0) is 54.8 Å². The van der Waals surface area contributed by atoms with E-state index in [2.05, 4.69) is 22.9 Å². The number of unbranched alkanes of at least 4 members (excludes halogenated alkanes) is 1. The number of piperazine rings is 1. The minimum atomic E-state index is -3.64. The molecule has 6 nitrogen and oxygen atoms in total. The zero-order chi connectivity index (χ0) is 21.1. The van der Waals surface area contributed by atoms with E-state index in [0.717, 1.165) is 29.3 Å². The minimum absolute atomic E-state index is 0.131. The van der Waals surface area contributed by atoms with E-state index in [0.29, 0.717) is 0 Å². The van der Waals surface area contributed by atoms with E-state index in [-0.39, 0.29) is 36.0 Å². The van der Waals surface area contributed by atoms with Gasteiger partial charge in [0.25, 0.3) is 0 Å². The number of benzene rings is 2. The summed E-state index contributed by atoms with van der Waals surface area (Å²) in [5, 5.41) is 0. The summed E-state index contributed by atoms with van der Waals surface area (Å²) in [6.45, 7) is 2.65. The van der Waals surface area contributed by atoms with Gasteiger partial charge in [-0.1, -0.05) is 41.4 Å². The van der Waals surface area contributed by atoms with Crippen LogP contribution in [0.5, 0.6) is 0 Å². The summed E-state index contributed by atoms with van der Waals surface area (Å²) < 4.78 is 54.9. The van der Waals surface area contributed by atoms with Gasteiger partial charge >= 0.3 is 0 Å². The van der Waals surface area contributed by atoms with Crippen LogP contribution in [0.4, 0.5) is 0 Å². The van der Waals surface area contributed by atoms with Crippen molar-refractivity contribution in [3.63, 3.8) is 0 Å².